The van der Waals surface area contributed by atoms with Crippen molar-refractivity contribution in [3.63, 3.8) is 0 Å². The zero-order chi connectivity index (χ0) is 13.1. The fourth-order valence-electron chi connectivity index (χ4n) is 2.10. The Morgan fingerprint density at radius 2 is 2.22 bits per heavy atom. The molecule has 1 aromatic heterocycles. The number of amides is 1. The van der Waals surface area contributed by atoms with Gasteiger partial charge in [0, 0.05) is 25.7 Å². The second kappa shape index (κ2) is 5.28. The van der Waals surface area contributed by atoms with Crippen molar-refractivity contribution in [2.24, 2.45) is 5.84 Å². The summed E-state index contributed by atoms with van der Waals surface area (Å²) < 4.78 is 0. The predicted molar refractivity (Wildman–Crippen MR) is 67.8 cm³/mol. The maximum atomic E-state index is 12.3. The molecule has 1 amide bonds. The maximum Gasteiger partial charge on any atom is 0.274 e. The van der Waals surface area contributed by atoms with Gasteiger partial charge in [0.05, 0.1) is 12.4 Å². The highest BCUT2D eigenvalue weighted by Crippen LogP contribution is 2.12. The minimum Gasteiger partial charge on any atom is -0.332 e. The molecule has 0 radical (unpaired) electrons. The molecule has 1 atom stereocenters. The van der Waals surface area contributed by atoms with E-state index >= 15 is 0 Å². The molecule has 18 heavy (non-hydrogen) atoms. The molecule has 7 heteroatoms. The highest BCUT2D eigenvalue weighted by atomic mass is 16.2. The van der Waals surface area contributed by atoms with Crippen molar-refractivity contribution in [1.82, 2.24) is 19.8 Å². The Bertz CT molecular complexity index is 420. The topological polar surface area (TPSA) is 87.4 Å². The molecule has 1 saturated heterocycles. The fourth-order valence-corrected chi connectivity index (χ4v) is 2.10. The summed E-state index contributed by atoms with van der Waals surface area (Å²) in [5, 5.41) is 0. The Balaban J connectivity index is 2.10. The van der Waals surface area contributed by atoms with E-state index in [2.05, 4.69) is 27.3 Å². The number of aromatic nitrogens is 2. The third-order valence-electron chi connectivity index (χ3n) is 3.11. The summed E-state index contributed by atoms with van der Waals surface area (Å²) in [5.74, 6) is 5.57. The number of nitrogens with one attached hydrogen (secondary N) is 1. The van der Waals surface area contributed by atoms with E-state index in [1.807, 2.05) is 11.8 Å². The van der Waals surface area contributed by atoms with Gasteiger partial charge in [-0.15, -0.1) is 0 Å². The van der Waals surface area contributed by atoms with Crippen molar-refractivity contribution in [2.75, 3.05) is 32.1 Å². The van der Waals surface area contributed by atoms with E-state index in [0.717, 1.165) is 19.6 Å². The van der Waals surface area contributed by atoms with Gasteiger partial charge in [0.1, 0.15) is 5.69 Å². The molecule has 1 aliphatic rings. The molecule has 1 aliphatic heterocycles. The minimum absolute atomic E-state index is 0.0772. The van der Waals surface area contributed by atoms with Gasteiger partial charge in [0.15, 0.2) is 5.82 Å². The summed E-state index contributed by atoms with van der Waals surface area (Å²) in [4.78, 5) is 24.4. The van der Waals surface area contributed by atoms with Crippen LogP contribution in [0.25, 0.3) is 0 Å². The second-order valence-electron chi connectivity index (χ2n) is 4.54. The van der Waals surface area contributed by atoms with Crippen LogP contribution in [0.4, 0.5) is 5.82 Å². The van der Waals surface area contributed by atoms with Crippen LogP contribution >= 0.6 is 0 Å². The van der Waals surface area contributed by atoms with Gasteiger partial charge in [-0.2, -0.15) is 0 Å². The number of nitrogens with zero attached hydrogens (tertiary/aromatic N) is 4. The van der Waals surface area contributed by atoms with Crippen molar-refractivity contribution < 1.29 is 4.79 Å². The number of carbonyl (C=O) groups excluding carboxylic acids is 1. The summed E-state index contributed by atoms with van der Waals surface area (Å²) in [7, 11) is 2.06. The Labute approximate surface area is 106 Å². The molecule has 0 aliphatic carbocycles. The van der Waals surface area contributed by atoms with Crippen LogP contribution in [0.5, 0.6) is 0 Å². The van der Waals surface area contributed by atoms with E-state index in [-0.39, 0.29) is 11.9 Å². The summed E-state index contributed by atoms with van der Waals surface area (Å²) in [6.07, 6.45) is 2.90. The molecule has 0 spiro atoms. The van der Waals surface area contributed by atoms with Crippen LogP contribution < -0.4 is 11.3 Å². The van der Waals surface area contributed by atoms with Crippen molar-refractivity contribution in [2.45, 2.75) is 13.0 Å². The Morgan fingerprint density at radius 1 is 1.44 bits per heavy atom. The van der Waals surface area contributed by atoms with Gasteiger partial charge < -0.3 is 15.2 Å². The largest absolute Gasteiger partial charge is 0.332 e. The molecule has 0 aromatic carbocycles. The highest BCUT2D eigenvalue weighted by molar-refractivity contribution is 5.92. The van der Waals surface area contributed by atoms with Crippen LogP contribution in [0, 0.1) is 0 Å². The van der Waals surface area contributed by atoms with Crippen molar-refractivity contribution in [3.05, 3.63) is 18.1 Å². The molecule has 98 valence electrons. The lowest BCUT2D eigenvalue weighted by molar-refractivity contribution is 0.0527. The monoisotopic (exact) mass is 250 g/mol. The van der Waals surface area contributed by atoms with Gasteiger partial charge in [-0.1, -0.05) is 0 Å². The first kappa shape index (κ1) is 12.7. The Hall–Kier alpha value is -1.73. The summed E-state index contributed by atoms with van der Waals surface area (Å²) >= 11 is 0. The van der Waals surface area contributed by atoms with Crippen molar-refractivity contribution in [1.29, 1.82) is 0 Å². The standard InChI is InChI=1S/C11H18N6O/c1-8-7-16(2)3-4-17(8)11(18)9-5-14-10(15-12)6-13-9/h5-6,8H,3-4,7,12H2,1-2H3,(H,14,15). The van der Waals surface area contributed by atoms with Gasteiger partial charge in [-0.25, -0.2) is 15.8 Å². The lowest BCUT2D eigenvalue weighted by Gasteiger charge is -2.37. The lowest BCUT2D eigenvalue weighted by Crippen LogP contribution is -2.52. The fraction of sp³-hybridized carbons (Fsp3) is 0.545. The average Bonchev–Trinajstić information content (AvgIpc) is 2.38. The lowest BCUT2D eigenvalue weighted by atomic mass is 10.2. The van der Waals surface area contributed by atoms with Gasteiger partial charge in [-0.3, -0.25) is 4.79 Å². The Morgan fingerprint density at radius 3 is 2.78 bits per heavy atom. The molecule has 2 heterocycles. The van der Waals surface area contributed by atoms with Crippen molar-refractivity contribution >= 4 is 11.7 Å². The molecule has 7 nitrogen and oxygen atoms in total. The van der Waals surface area contributed by atoms with Gasteiger partial charge >= 0.3 is 0 Å². The van der Waals surface area contributed by atoms with E-state index < -0.39 is 0 Å². The summed E-state index contributed by atoms with van der Waals surface area (Å²) in [6.45, 7) is 4.51. The van der Waals surface area contributed by atoms with Crippen LogP contribution in [0.1, 0.15) is 17.4 Å². The van der Waals surface area contributed by atoms with E-state index in [1.165, 1.54) is 12.4 Å². The molecular weight excluding hydrogens is 232 g/mol. The number of piperazine rings is 1. The first-order valence-electron chi connectivity index (χ1n) is 5.90. The number of carbonyl (C=O) groups is 1. The van der Waals surface area contributed by atoms with Crippen LogP contribution in [0.3, 0.4) is 0 Å². The quantitative estimate of drug-likeness (QED) is 0.545. The molecule has 3 N–H and O–H groups in total. The zero-order valence-electron chi connectivity index (χ0n) is 10.6. The number of nitrogens with two attached hydrogens (primary N) is 1. The van der Waals surface area contributed by atoms with E-state index in [4.69, 9.17) is 5.84 Å². The summed E-state index contributed by atoms with van der Waals surface area (Å²) in [5.41, 5.74) is 2.73. The first-order valence-corrected chi connectivity index (χ1v) is 5.90. The van der Waals surface area contributed by atoms with Crippen molar-refractivity contribution in [3.8, 4) is 0 Å². The third kappa shape index (κ3) is 2.57. The van der Waals surface area contributed by atoms with Crippen LogP contribution in [0.2, 0.25) is 0 Å². The number of anilines is 1. The molecular formula is C11H18N6O. The summed E-state index contributed by atoms with van der Waals surface area (Å²) in [6, 6.07) is 0.186. The smallest absolute Gasteiger partial charge is 0.274 e. The number of hydrogen-bond acceptors (Lipinski definition) is 6. The predicted octanol–water partition coefficient (Wildman–Crippen LogP) is -0.462. The molecule has 0 saturated carbocycles. The molecule has 0 bridgehead atoms. The van der Waals surface area contributed by atoms with E-state index in [0.29, 0.717) is 11.5 Å². The number of rotatable bonds is 2. The number of hydrogen-bond donors (Lipinski definition) is 2. The average molecular weight is 250 g/mol. The van der Waals surface area contributed by atoms with Crippen LogP contribution in [-0.2, 0) is 0 Å². The SMILES string of the molecule is CC1CN(C)CCN1C(=O)c1cnc(NN)cn1. The minimum atomic E-state index is -0.0772. The molecule has 1 unspecified atom stereocenters. The molecule has 2 rings (SSSR count). The second-order valence-corrected chi connectivity index (χ2v) is 4.54. The first-order chi connectivity index (χ1) is 8.61. The van der Waals surface area contributed by atoms with E-state index in [9.17, 15) is 4.79 Å². The molecule has 1 aromatic rings. The Kier molecular flexibility index (Phi) is 3.73. The van der Waals surface area contributed by atoms with Crippen LogP contribution in [-0.4, -0.2) is 58.4 Å². The van der Waals surface area contributed by atoms with Gasteiger partial charge in [0.25, 0.3) is 5.91 Å². The number of nitrogen functional groups attached to an aromatic ring is 1. The van der Waals surface area contributed by atoms with Gasteiger partial charge in [-0.05, 0) is 14.0 Å². The third-order valence-corrected chi connectivity index (χ3v) is 3.11. The molecule has 1 fully saturated rings. The highest BCUT2D eigenvalue weighted by Gasteiger charge is 2.27. The number of likely N-dealkylation sites (N-methyl/N-ethyl adjacent to an activating group) is 1. The zero-order valence-corrected chi connectivity index (χ0v) is 10.6. The maximum absolute atomic E-state index is 12.3. The van der Waals surface area contributed by atoms with Gasteiger partial charge in [0.2, 0.25) is 0 Å². The van der Waals surface area contributed by atoms with E-state index in [1.54, 1.807) is 0 Å². The number of hydrazine groups is 1. The van der Waals surface area contributed by atoms with Crippen LogP contribution in [0.15, 0.2) is 12.4 Å². The normalized spacial score (nSPS) is 20.8.